The maximum absolute atomic E-state index is 13.4. The Morgan fingerprint density at radius 2 is 1.84 bits per heavy atom. The van der Waals surface area contributed by atoms with Crippen molar-refractivity contribution in [3.63, 3.8) is 0 Å². The van der Waals surface area contributed by atoms with Crippen molar-refractivity contribution in [2.75, 3.05) is 7.11 Å². The van der Waals surface area contributed by atoms with Crippen molar-refractivity contribution < 1.29 is 14.6 Å². The standard InChI is InChI=1S/C26H30N2O3/c1-17-3-6-21(7-4-17)25-11-19-9-20(12-25)14-26(13-19,16-25)24(30)28-27-15-18-5-8-22(29)23(10-18)31-2/h3-8,10,15,19-20,29H,9,11-14,16H2,1-2H3,(H,28,30)/b27-15+. The number of benzene rings is 2. The van der Waals surface area contributed by atoms with Crippen LogP contribution in [0.15, 0.2) is 47.6 Å². The summed E-state index contributed by atoms with van der Waals surface area (Å²) in [6.07, 6.45) is 8.16. The van der Waals surface area contributed by atoms with Crippen molar-refractivity contribution in [3.8, 4) is 11.5 Å². The van der Waals surface area contributed by atoms with E-state index < -0.39 is 0 Å². The van der Waals surface area contributed by atoms with E-state index in [0.717, 1.165) is 24.8 Å². The molecule has 162 valence electrons. The molecule has 2 atom stereocenters. The van der Waals surface area contributed by atoms with Gasteiger partial charge in [-0.3, -0.25) is 4.79 Å². The molecule has 1 amide bonds. The number of ether oxygens (including phenoxy) is 1. The van der Waals surface area contributed by atoms with E-state index in [0.29, 0.717) is 17.6 Å². The number of amides is 1. The zero-order chi connectivity index (χ0) is 21.6. The fourth-order valence-electron chi connectivity index (χ4n) is 6.83. The van der Waals surface area contributed by atoms with Crippen LogP contribution >= 0.6 is 0 Å². The van der Waals surface area contributed by atoms with E-state index in [1.165, 1.54) is 37.5 Å². The Kier molecular flexibility index (Phi) is 4.80. The lowest BCUT2D eigenvalue weighted by Crippen LogP contribution is -2.58. The number of methoxy groups -OCH3 is 1. The molecule has 31 heavy (non-hydrogen) atoms. The van der Waals surface area contributed by atoms with Gasteiger partial charge in [0.2, 0.25) is 5.91 Å². The van der Waals surface area contributed by atoms with Gasteiger partial charge in [-0.05, 0) is 92.0 Å². The zero-order valence-corrected chi connectivity index (χ0v) is 18.2. The van der Waals surface area contributed by atoms with E-state index in [9.17, 15) is 9.90 Å². The van der Waals surface area contributed by atoms with Crippen LogP contribution in [0.2, 0.25) is 0 Å². The van der Waals surface area contributed by atoms with Crippen molar-refractivity contribution in [3.05, 3.63) is 59.2 Å². The van der Waals surface area contributed by atoms with Gasteiger partial charge in [-0.15, -0.1) is 0 Å². The first-order valence-corrected chi connectivity index (χ1v) is 11.2. The van der Waals surface area contributed by atoms with Gasteiger partial charge in [0.15, 0.2) is 11.5 Å². The third-order valence-corrected chi connectivity index (χ3v) is 7.79. The molecular formula is C26H30N2O3. The Morgan fingerprint density at radius 3 is 2.52 bits per heavy atom. The lowest BCUT2D eigenvalue weighted by Gasteiger charge is -2.61. The highest BCUT2D eigenvalue weighted by atomic mass is 16.5. The van der Waals surface area contributed by atoms with E-state index in [2.05, 4.69) is 41.7 Å². The molecule has 4 bridgehead atoms. The number of aryl methyl sites for hydroxylation is 1. The van der Waals surface area contributed by atoms with Crippen molar-refractivity contribution in [1.29, 1.82) is 0 Å². The fraction of sp³-hybridized carbons (Fsp3) is 0.462. The first-order chi connectivity index (χ1) is 14.9. The maximum atomic E-state index is 13.4. The van der Waals surface area contributed by atoms with Crippen molar-refractivity contribution in [2.24, 2.45) is 22.4 Å². The zero-order valence-electron chi connectivity index (χ0n) is 18.2. The molecule has 5 nitrogen and oxygen atoms in total. The predicted molar refractivity (Wildman–Crippen MR) is 120 cm³/mol. The topological polar surface area (TPSA) is 70.9 Å². The van der Waals surface area contributed by atoms with Gasteiger partial charge in [-0.25, -0.2) is 5.43 Å². The molecule has 0 aliphatic heterocycles. The largest absolute Gasteiger partial charge is 0.504 e. The minimum Gasteiger partial charge on any atom is -0.504 e. The highest BCUT2D eigenvalue weighted by molar-refractivity contribution is 5.86. The molecule has 2 aromatic rings. The average Bonchev–Trinajstić information content (AvgIpc) is 2.74. The summed E-state index contributed by atoms with van der Waals surface area (Å²) in [7, 11) is 1.51. The van der Waals surface area contributed by atoms with Gasteiger partial charge in [0.1, 0.15) is 0 Å². The molecule has 0 aromatic heterocycles. The lowest BCUT2D eigenvalue weighted by molar-refractivity contribution is -0.149. The van der Waals surface area contributed by atoms with Gasteiger partial charge in [0, 0.05) is 0 Å². The summed E-state index contributed by atoms with van der Waals surface area (Å²) in [4.78, 5) is 13.4. The van der Waals surface area contributed by atoms with Crippen LogP contribution < -0.4 is 10.2 Å². The fourth-order valence-corrected chi connectivity index (χ4v) is 6.83. The van der Waals surface area contributed by atoms with Gasteiger partial charge in [-0.1, -0.05) is 29.8 Å². The molecule has 2 aromatic carbocycles. The second-order valence-electron chi connectivity index (χ2n) is 10.0. The van der Waals surface area contributed by atoms with Crippen LogP contribution in [0.1, 0.15) is 55.2 Å². The summed E-state index contributed by atoms with van der Waals surface area (Å²) in [6, 6.07) is 14.0. The monoisotopic (exact) mass is 418 g/mol. The lowest BCUT2D eigenvalue weighted by atomic mass is 9.42. The summed E-state index contributed by atoms with van der Waals surface area (Å²) < 4.78 is 5.14. The number of nitrogens with zero attached hydrogens (tertiary/aromatic N) is 1. The number of hydrogen-bond donors (Lipinski definition) is 2. The van der Waals surface area contributed by atoms with Gasteiger partial charge < -0.3 is 9.84 Å². The van der Waals surface area contributed by atoms with Crippen LogP contribution in [-0.4, -0.2) is 24.3 Å². The summed E-state index contributed by atoms with van der Waals surface area (Å²) in [5.41, 5.74) is 6.10. The molecule has 2 N–H and O–H groups in total. The minimum atomic E-state index is -0.320. The van der Waals surface area contributed by atoms with Gasteiger partial charge in [0.05, 0.1) is 18.7 Å². The van der Waals surface area contributed by atoms with Crippen LogP contribution in [0, 0.1) is 24.2 Å². The minimum absolute atomic E-state index is 0.0556. The molecular weight excluding hydrogens is 388 g/mol. The quantitative estimate of drug-likeness (QED) is 0.546. The second kappa shape index (κ2) is 7.40. The van der Waals surface area contributed by atoms with Crippen LogP contribution in [0.4, 0.5) is 0 Å². The molecule has 4 saturated carbocycles. The molecule has 6 rings (SSSR count). The van der Waals surface area contributed by atoms with E-state index in [-0.39, 0.29) is 22.5 Å². The Balaban J connectivity index is 1.36. The normalized spacial score (nSPS) is 31.2. The van der Waals surface area contributed by atoms with E-state index in [1.807, 2.05) is 0 Å². The molecule has 4 fully saturated rings. The van der Waals surface area contributed by atoms with Gasteiger partial charge >= 0.3 is 0 Å². The number of aromatic hydroxyl groups is 1. The van der Waals surface area contributed by atoms with Crippen LogP contribution in [0.3, 0.4) is 0 Å². The third kappa shape index (κ3) is 3.50. The smallest absolute Gasteiger partial charge is 0.246 e. The van der Waals surface area contributed by atoms with E-state index >= 15 is 0 Å². The molecule has 5 heteroatoms. The molecule has 4 aliphatic carbocycles. The van der Waals surface area contributed by atoms with Gasteiger partial charge in [0.25, 0.3) is 0 Å². The Bertz CT molecular complexity index is 1010. The SMILES string of the molecule is COc1cc(/C=N/NC(=O)C23CC4CC(C2)CC(c2ccc(C)cc2)(C4)C3)ccc1O. The van der Waals surface area contributed by atoms with Crippen molar-refractivity contribution in [2.45, 2.75) is 50.9 Å². The van der Waals surface area contributed by atoms with Gasteiger partial charge in [-0.2, -0.15) is 5.10 Å². The second-order valence-corrected chi connectivity index (χ2v) is 10.0. The molecule has 0 saturated heterocycles. The summed E-state index contributed by atoms with van der Waals surface area (Å²) in [6.45, 7) is 2.13. The molecule has 0 heterocycles. The van der Waals surface area contributed by atoms with Crippen molar-refractivity contribution >= 4 is 12.1 Å². The number of hydrazone groups is 1. The number of carbonyl (C=O) groups excluding carboxylic acids is 1. The highest BCUT2D eigenvalue weighted by Gasteiger charge is 2.60. The van der Waals surface area contributed by atoms with Crippen molar-refractivity contribution in [1.82, 2.24) is 5.43 Å². The third-order valence-electron chi connectivity index (χ3n) is 7.79. The van der Waals surface area contributed by atoms with E-state index in [4.69, 9.17) is 4.74 Å². The Hall–Kier alpha value is -2.82. The summed E-state index contributed by atoms with van der Waals surface area (Å²) >= 11 is 0. The highest BCUT2D eigenvalue weighted by Crippen LogP contribution is 2.65. The predicted octanol–water partition coefficient (Wildman–Crippen LogP) is 4.70. The van der Waals surface area contributed by atoms with E-state index in [1.54, 1.807) is 24.4 Å². The number of hydrogen-bond acceptors (Lipinski definition) is 4. The Labute approximate surface area is 183 Å². The van der Waals surface area contributed by atoms with Crippen LogP contribution in [-0.2, 0) is 10.2 Å². The number of phenolic OH excluding ortho intramolecular Hbond substituents is 1. The number of nitrogens with one attached hydrogen (secondary N) is 1. The molecule has 0 radical (unpaired) electrons. The molecule has 2 unspecified atom stereocenters. The Morgan fingerprint density at radius 1 is 1.13 bits per heavy atom. The molecule has 4 aliphatic rings. The summed E-state index contributed by atoms with van der Waals surface area (Å²) in [5, 5.41) is 14.0. The average molecular weight is 419 g/mol. The first-order valence-electron chi connectivity index (χ1n) is 11.2. The van der Waals surface area contributed by atoms with Crippen LogP contribution in [0.25, 0.3) is 0 Å². The summed E-state index contributed by atoms with van der Waals surface area (Å²) in [5.74, 6) is 1.77. The number of phenols is 1. The first kappa shape index (κ1) is 20.1. The maximum Gasteiger partial charge on any atom is 0.246 e. The number of carbonyl (C=O) groups is 1. The van der Waals surface area contributed by atoms with Crippen LogP contribution in [0.5, 0.6) is 11.5 Å². The number of rotatable bonds is 5. The molecule has 0 spiro atoms.